The van der Waals surface area contributed by atoms with E-state index in [1.807, 2.05) is 12.3 Å². The maximum atomic E-state index is 11.5. The van der Waals surface area contributed by atoms with Crippen molar-refractivity contribution < 1.29 is 0 Å². The van der Waals surface area contributed by atoms with Crippen LogP contribution in [0.3, 0.4) is 0 Å². The van der Waals surface area contributed by atoms with Gasteiger partial charge in [-0.2, -0.15) is 0 Å². The Labute approximate surface area is 81.1 Å². The number of H-pyrrole nitrogens is 1. The molecule has 2 aliphatic rings. The van der Waals surface area contributed by atoms with Gasteiger partial charge in [-0.25, -0.2) is 0 Å². The molecular formula is C10H11N3O. The highest BCUT2D eigenvalue weighted by Crippen LogP contribution is 2.35. The zero-order valence-corrected chi connectivity index (χ0v) is 7.66. The Morgan fingerprint density at radius 3 is 3.36 bits per heavy atom. The molecule has 2 atom stereocenters. The minimum Gasteiger partial charge on any atom is -0.378 e. The van der Waals surface area contributed by atoms with Crippen LogP contribution in [0, 0.1) is 0 Å². The lowest BCUT2D eigenvalue weighted by Gasteiger charge is -2.27. The molecule has 0 saturated carbocycles. The van der Waals surface area contributed by atoms with Crippen LogP contribution in [-0.4, -0.2) is 23.8 Å². The van der Waals surface area contributed by atoms with Crippen molar-refractivity contribution in [3.05, 3.63) is 28.2 Å². The molecule has 0 fully saturated rings. The van der Waals surface area contributed by atoms with Gasteiger partial charge in [0.2, 0.25) is 0 Å². The van der Waals surface area contributed by atoms with Crippen LogP contribution in [0.15, 0.2) is 22.1 Å². The van der Waals surface area contributed by atoms with E-state index in [-0.39, 0.29) is 5.56 Å². The Balaban J connectivity index is 2.16. The molecule has 0 spiro atoms. The first-order chi connectivity index (χ1) is 6.86. The first-order valence-electron chi connectivity index (χ1n) is 4.83. The van der Waals surface area contributed by atoms with Crippen molar-refractivity contribution in [2.45, 2.75) is 18.4 Å². The number of aromatic amines is 1. The third kappa shape index (κ3) is 0.937. The highest BCUT2D eigenvalue weighted by atomic mass is 16.1. The molecule has 1 aromatic rings. The molecule has 0 amide bonds. The predicted molar refractivity (Wildman–Crippen MR) is 55.2 cm³/mol. The monoisotopic (exact) mass is 189 g/mol. The zero-order chi connectivity index (χ0) is 9.54. The maximum Gasteiger partial charge on any atom is 0.271 e. The number of anilines is 1. The first-order valence-corrected chi connectivity index (χ1v) is 4.83. The number of hydrogen-bond donors (Lipinski definition) is 2. The normalized spacial score (nSPS) is 28.0. The van der Waals surface area contributed by atoms with Crippen LogP contribution >= 0.6 is 0 Å². The van der Waals surface area contributed by atoms with Crippen molar-refractivity contribution in [2.75, 3.05) is 11.9 Å². The standard InChI is InChI=1S/C10H11N3O/c14-10-9-7(2-4-12-10)6-1-3-11-8(6)5-13-9/h2-4,6,8,13H,1,5H2,(H,12,14). The molecule has 2 aliphatic heterocycles. The fourth-order valence-electron chi connectivity index (χ4n) is 2.29. The van der Waals surface area contributed by atoms with Gasteiger partial charge >= 0.3 is 0 Å². The zero-order valence-electron chi connectivity index (χ0n) is 7.66. The Kier molecular flexibility index (Phi) is 1.50. The number of nitrogens with zero attached hydrogens (tertiary/aromatic N) is 1. The highest BCUT2D eigenvalue weighted by molar-refractivity contribution is 5.67. The van der Waals surface area contributed by atoms with Gasteiger partial charge in [0.05, 0.1) is 6.04 Å². The molecule has 4 heteroatoms. The molecule has 0 aliphatic carbocycles. The summed E-state index contributed by atoms with van der Waals surface area (Å²) >= 11 is 0. The molecule has 72 valence electrons. The number of pyridine rings is 1. The fourth-order valence-corrected chi connectivity index (χ4v) is 2.29. The van der Waals surface area contributed by atoms with E-state index in [2.05, 4.69) is 15.3 Å². The lowest BCUT2D eigenvalue weighted by atomic mass is 9.88. The van der Waals surface area contributed by atoms with Gasteiger partial charge in [0, 0.05) is 18.7 Å². The molecule has 0 saturated heterocycles. The van der Waals surface area contributed by atoms with Crippen molar-refractivity contribution in [3.63, 3.8) is 0 Å². The van der Waals surface area contributed by atoms with Gasteiger partial charge in [0.1, 0.15) is 5.69 Å². The molecule has 2 N–H and O–H groups in total. The second-order valence-corrected chi connectivity index (χ2v) is 3.76. The Morgan fingerprint density at radius 2 is 2.43 bits per heavy atom. The summed E-state index contributed by atoms with van der Waals surface area (Å²) < 4.78 is 0. The topological polar surface area (TPSA) is 57.2 Å². The predicted octanol–water partition coefficient (Wildman–Crippen LogP) is 0.727. The summed E-state index contributed by atoms with van der Waals surface area (Å²) in [6.07, 6.45) is 4.64. The van der Waals surface area contributed by atoms with Crippen molar-refractivity contribution in [2.24, 2.45) is 4.99 Å². The van der Waals surface area contributed by atoms with E-state index in [4.69, 9.17) is 0 Å². The van der Waals surface area contributed by atoms with E-state index in [1.54, 1.807) is 6.20 Å². The van der Waals surface area contributed by atoms with Crippen LogP contribution in [0.1, 0.15) is 17.9 Å². The molecule has 0 radical (unpaired) electrons. The third-order valence-electron chi connectivity index (χ3n) is 3.00. The van der Waals surface area contributed by atoms with Gasteiger partial charge in [0.15, 0.2) is 0 Å². The van der Waals surface area contributed by atoms with Gasteiger partial charge in [-0.15, -0.1) is 0 Å². The largest absolute Gasteiger partial charge is 0.378 e. The first kappa shape index (κ1) is 7.79. The molecule has 0 bridgehead atoms. The number of aromatic nitrogens is 1. The molecule has 1 aromatic heterocycles. The number of hydrogen-bond acceptors (Lipinski definition) is 3. The minimum absolute atomic E-state index is 0.0205. The van der Waals surface area contributed by atoms with Gasteiger partial charge in [-0.3, -0.25) is 9.79 Å². The van der Waals surface area contributed by atoms with E-state index < -0.39 is 0 Å². The number of fused-ring (bicyclic) bond motifs is 3. The van der Waals surface area contributed by atoms with Gasteiger partial charge in [-0.05, 0) is 24.3 Å². The van der Waals surface area contributed by atoms with Crippen LogP contribution in [0.5, 0.6) is 0 Å². The summed E-state index contributed by atoms with van der Waals surface area (Å²) in [5.74, 6) is 0.411. The fraction of sp³-hybridized carbons (Fsp3) is 0.400. The molecule has 3 heterocycles. The van der Waals surface area contributed by atoms with Crippen LogP contribution in [0.4, 0.5) is 5.69 Å². The van der Waals surface area contributed by atoms with E-state index in [0.29, 0.717) is 12.0 Å². The van der Waals surface area contributed by atoms with Crippen molar-refractivity contribution in [1.29, 1.82) is 0 Å². The lowest BCUT2D eigenvalue weighted by Crippen LogP contribution is -2.32. The second kappa shape index (κ2) is 2.70. The van der Waals surface area contributed by atoms with Crippen molar-refractivity contribution in [3.8, 4) is 0 Å². The summed E-state index contributed by atoms with van der Waals surface area (Å²) in [5, 5.41) is 3.14. The number of aliphatic imine (C=N–C) groups is 1. The van der Waals surface area contributed by atoms with Crippen LogP contribution < -0.4 is 10.9 Å². The number of nitrogens with one attached hydrogen (secondary N) is 2. The number of rotatable bonds is 0. The summed E-state index contributed by atoms with van der Waals surface area (Å²) in [6, 6.07) is 2.30. The van der Waals surface area contributed by atoms with Crippen LogP contribution in [0.25, 0.3) is 0 Å². The third-order valence-corrected chi connectivity index (χ3v) is 3.00. The van der Waals surface area contributed by atoms with Crippen LogP contribution in [0.2, 0.25) is 0 Å². The molecule has 2 unspecified atom stereocenters. The average Bonchev–Trinajstić information content (AvgIpc) is 2.66. The van der Waals surface area contributed by atoms with Gasteiger partial charge in [0.25, 0.3) is 5.56 Å². The van der Waals surface area contributed by atoms with Gasteiger partial charge < -0.3 is 10.3 Å². The van der Waals surface area contributed by atoms with E-state index in [9.17, 15) is 4.79 Å². The average molecular weight is 189 g/mol. The minimum atomic E-state index is -0.0205. The lowest BCUT2D eigenvalue weighted by molar-refractivity contribution is 0.585. The molecular weight excluding hydrogens is 178 g/mol. The quantitative estimate of drug-likeness (QED) is 0.632. The summed E-state index contributed by atoms with van der Waals surface area (Å²) in [7, 11) is 0. The summed E-state index contributed by atoms with van der Waals surface area (Å²) in [6.45, 7) is 0.779. The Morgan fingerprint density at radius 1 is 1.50 bits per heavy atom. The smallest absolute Gasteiger partial charge is 0.271 e. The Hall–Kier alpha value is -1.58. The molecule has 14 heavy (non-hydrogen) atoms. The van der Waals surface area contributed by atoms with E-state index in [1.165, 1.54) is 0 Å². The van der Waals surface area contributed by atoms with Crippen LogP contribution in [-0.2, 0) is 0 Å². The molecule has 0 aromatic carbocycles. The Bertz CT molecular complexity index is 449. The second-order valence-electron chi connectivity index (χ2n) is 3.76. The van der Waals surface area contributed by atoms with Gasteiger partial charge in [-0.1, -0.05) is 0 Å². The summed E-state index contributed by atoms with van der Waals surface area (Å²) in [4.78, 5) is 18.6. The maximum absolute atomic E-state index is 11.5. The van der Waals surface area contributed by atoms with Crippen molar-refractivity contribution in [1.82, 2.24) is 4.98 Å². The highest BCUT2D eigenvalue weighted by Gasteiger charge is 2.32. The molecule has 4 nitrogen and oxygen atoms in total. The molecule has 3 rings (SSSR count). The summed E-state index contributed by atoms with van der Waals surface area (Å²) in [5.41, 5.74) is 1.83. The van der Waals surface area contributed by atoms with E-state index in [0.717, 1.165) is 24.2 Å². The van der Waals surface area contributed by atoms with Crippen molar-refractivity contribution >= 4 is 11.9 Å². The van der Waals surface area contributed by atoms with E-state index >= 15 is 0 Å². The SMILES string of the molecule is O=c1[nH]ccc2c1NCC1N=CCC21.